The number of anilines is 1. The van der Waals surface area contributed by atoms with Crippen LogP contribution in [-0.2, 0) is 4.79 Å². The second kappa shape index (κ2) is 5.51. The third-order valence-electron chi connectivity index (χ3n) is 2.24. The van der Waals surface area contributed by atoms with E-state index in [0.717, 1.165) is 11.3 Å². The zero-order valence-corrected chi connectivity index (χ0v) is 9.50. The molecule has 0 saturated heterocycles. The molecule has 82 valence electrons. The van der Waals surface area contributed by atoms with E-state index < -0.39 is 0 Å². The van der Waals surface area contributed by atoms with Gasteiger partial charge in [-0.1, -0.05) is 19.1 Å². The first-order valence-electron chi connectivity index (χ1n) is 5.15. The number of amides is 1. The molecular formula is C12H18N2O. The first kappa shape index (κ1) is 11.7. The average molecular weight is 206 g/mol. The Bertz CT molecular complexity index is 336. The van der Waals surface area contributed by atoms with Crippen molar-refractivity contribution >= 4 is 11.6 Å². The van der Waals surface area contributed by atoms with Gasteiger partial charge in [0.2, 0.25) is 5.91 Å². The fourth-order valence-electron chi connectivity index (χ4n) is 1.39. The van der Waals surface area contributed by atoms with Gasteiger partial charge < -0.3 is 10.6 Å². The molecule has 0 aliphatic heterocycles. The van der Waals surface area contributed by atoms with Crippen molar-refractivity contribution in [1.29, 1.82) is 0 Å². The van der Waals surface area contributed by atoms with E-state index in [4.69, 9.17) is 0 Å². The van der Waals surface area contributed by atoms with Crippen LogP contribution < -0.4 is 10.6 Å². The second-order valence-corrected chi connectivity index (χ2v) is 3.82. The van der Waals surface area contributed by atoms with Gasteiger partial charge >= 0.3 is 0 Å². The molecule has 1 aromatic carbocycles. The van der Waals surface area contributed by atoms with Gasteiger partial charge in [0.15, 0.2) is 0 Å². The van der Waals surface area contributed by atoms with Crippen molar-refractivity contribution in [2.75, 3.05) is 18.9 Å². The van der Waals surface area contributed by atoms with Crippen molar-refractivity contribution in [2.45, 2.75) is 13.8 Å². The first-order valence-corrected chi connectivity index (χ1v) is 5.15. The van der Waals surface area contributed by atoms with Crippen molar-refractivity contribution in [3.8, 4) is 0 Å². The highest BCUT2D eigenvalue weighted by Gasteiger charge is 2.11. The maximum atomic E-state index is 11.7. The molecule has 1 atom stereocenters. The van der Waals surface area contributed by atoms with Gasteiger partial charge in [0, 0.05) is 18.2 Å². The van der Waals surface area contributed by atoms with Crippen molar-refractivity contribution in [2.24, 2.45) is 5.92 Å². The second-order valence-electron chi connectivity index (χ2n) is 3.82. The lowest BCUT2D eigenvalue weighted by atomic mass is 10.1. The molecule has 0 spiro atoms. The smallest absolute Gasteiger partial charge is 0.228 e. The predicted molar refractivity (Wildman–Crippen MR) is 62.9 cm³/mol. The minimum absolute atomic E-state index is 0.0180. The van der Waals surface area contributed by atoms with Crippen molar-refractivity contribution in [3.63, 3.8) is 0 Å². The molecule has 15 heavy (non-hydrogen) atoms. The van der Waals surface area contributed by atoms with Crippen LogP contribution in [0, 0.1) is 12.8 Å². The number of carbonyl (C=O) groups is 1. The van der Waals surface area contributed by atoms with Gasteiger partial charge in [-0.05, 0) is 31.7 Å². The third-order valence-corrected chi connectivity index (χ3v) is 2.24. The highest BCUT2D eigenvalue weighted by atomic mass is 16.1. The Balaban J connectivity index is 2.58. The summed E-state index contributed by atoms with van der Waals surface area (Å²) in [5, 5.41) is 5.87. The highest BCUT2D eigenvalue weighted by molar-refractivity contribution is 5.92. The summed E-state index contributed by atoms with van der Waals surface area (Å²) in [5.41, 5.74) is 2.01. The van der Waals surface area contributed by atoms with Gasteiger partial charge in [0.25, 0.3) is 0 Å². The minimum atomic E-state index is -0.0180. The topological polar surface area (TPSA) is 41.1 Å². The zero-order chi connectivity index (χ0) is 11.3. The van der Waals surface area contributed by atoms with E-state index >= 15 is 0 Å². The van der Waals surface area contributed by atoms with Crippen LogP contribution in [0.2, 0.25) is 0 Å². The summed E-state index contributed by atoms with van der Waals surface area (Å²) >= 11 is 0. The number of nitrogens with one attached hydrogen (secondary N) is 2. The van der Waals surface area contributed by atoms with Gasteiger partial charge in [-0.3, -0.25) is 4.79 Å². The Morgan fingerprint density at radius 1 is 1.47 bits per heavy atom. The monoisotopic (exact) mass is 206 g/mol. The number of carbonyl (C=O) groups excluding carboxylic acids is 1. The molecule has 1 aromatic rings. The molecule has 2 N–H and O–H groups in total. The lowest BCUT2D eigenvalue weighted by Crippen LogP contribution is -2.28. The van der Waals surface area contributed by atoms with Gasteiger partial charge in [0.05, 0.1) is 0 Å². The molecule has 1 unspecified atom stereocenters. The van der Waals surface area contributed by atoms with Crippen LogP contribution in [0.25, 0.3) is 0 Å². The van der Waals surface area contributed by atoms with Gasteiger partial charge in [-0.15, -0.1) is 0 Å². The Morgan fingerprint density at radius 2 is 2.20 bits per heavy atom. The van der Waals surface area contributed by atoms with Crippen LogP contribution >= 0.6 is 0 Å². The maximum absolute atomic E-state index is 11.7. The molecule has 1 rings (SSSR count). The number of rotatable bonds is 4. The summed E-state index contributed by atoms with van der Waals surface area (Å²) in [6.45, 7) is 4.60. The summed E-state index contributed by atoms with van der Waals surface area (Å²) < 4.78 is 0. The van der Waals surface area contributed by atoms with E-state index in [2.05, 4.69) is 10.6 Å². The van der Waals surface area contributed by atoms with E-state index in [1.807, 2.05) is 45.2 Å². The molecule has 0 aliphatic rings. The molecule has 0 radical (unpaired) electrons. The van der Waals surface area contributed by atoms with Crippen LogP contribution in [-0.4, -0.2) is 19.5 Å². The number of benzene rings is 1. The lowest BCUT2D eigenvalue weighted by Gasteiger charge is -2.11. The standard InChI is InChI=1S/C12H18N2O/c1-9-5-4-6-11(7-9)14-12(15)10(2)8-13-3/h4-7,10,13H,8H2,1-3H3,(H,14,15). The molecule has 0 heterocycles. The SMILES string of the molecule is CNCC(C)C(=O)Nc1cccc(C)c1. The van der Waals surface area contributed by atoms with Crippen molar-refractivity contribution in [3.05, 3.63) is 29.8 Å². The van der Waals surface area contributed by atoms with E-state index in [9.17, 15) is 4.79 Å². The van der Waals surface area contributed by atoms with E-state index in [-0.39, 0.29) is 11.8 Å². The zero-order valence-electron chi connectivity index (χ0n) is 9.50. The maximum Gasteiger partial charge on any atom is 0.228 e. The molecule has 1 amide bonds. The summed E-state index contributed by atoms with van der Waals surface area (Å²) in [7, 11) is 1.84. The third kappa shape index (κ3) is 3.72. The number of hydrogen-bond acceptors (Lipinski definition) is 2. The molecule has 3 nitrogen and oxygen atoms in total. The van der Waals surface area contributed by atoms with Crippen LogP contribution in [0.5, 0.6) is 0 Å². The van der Waals surface area contributed by atoms with Crippen LogP contribution in [0.3, 0.4) is 0 Å². The minimum Gasteiger partial charge on any atom is -0.326 e. The Morgan fingerprint density at radius 3 is 2.80 bits per heavy atom. The normalized spacial score (nSPS) is 12.2. The first-order chi connectivity index (χ1) is 7.13. The molecule has 0 bridgehead atoms. The van der Waals surface area contributed by atoms with Crippen LogP contribution in [0.4, 0.5) is 5.69 Å². The summed E-state index contributed by atoms with van der Waals surface area (Å²) in [6, 6.07) is 7.81. The molecule has 0 saturated carbocycles. The van der Waals surface area contributed by atoms with E-state index in [1.54, 1.807) is 0 Å². The van der Waals surface area contributed by atoms with Gasteiger partial charge in [0.1, 0.15) is 0 Å². The lowest BCUT2D eigenvalue weighted by molar-refractivity contribution is -0.119. The highest BCUT2D eigenvalue weighted by Crippen LogP contribution is 2.10. The molecular weight excluding hydrogens is 188 g/mol. The van der Waals surface area contributed by atoms with Crippen LogP contribution in [0.15, 0.2) is 24.3 Å². The van der Waals surface area contributed by atoms with Crippen molar-refractivity contribution in [1.82, 2.24) is 5.32 Å². The largest absolute Gasteiger partial charge is 0.326 e. The van der Waals surface area contributed by atoms with Gasteiger partial charge in [-0.25, -0.2) is 0 Å². The Labute approximate surface area is 90.9 Å². The fourth-order valence-corrected chi connectivity index (χ4v) is 1.39. The average Bonchev–Trinajstić information content (AvgIpc) is 2.18. The van der Waals surface area contributed by atoms with Crippen molar-refractivity contribution < 1.29 is 4.79 Å². The van der Waals surface area contributed by atoms with Crippen LogP contribution in [0.1, 0.15) is 12.5 Å². The summed E-state index contributed by atoms with van der Waals surface area (Å²) in [6.07, 6.45) is 0. The molecule has 0 aliphatic carbocycles. The summed E-state index contributed by atoms with van der Waals surface area (Å²) in [5.74, 6) is 0.0328. The molecule has 3 heteroatoms. The predicted octanol–water partition coefficient (Wildman–Crippen LogP) is 1.79. The number of hydrogen-bond donors (Lipinski definition) is 2. The quantitative estimate of drug-likeness (QED) is 0.788. The Kier molecular flexibility index (Phi) is 4.31. The number of aryl methyl sites for hydroxylation is 1. The molecule has 0 fully saturated rings. The van der Waals surface area contributed by atoms with E-state index in [0.29, 0.717) is 6.54 Å². The van der Waals surface area contributed by atoms with E-state index in [1.165, 1.54) is 0 Å². The summed E-state index contributed by atoms with van der Waals surface area (Å²) in [4.78, 5) is 11.7. The fraction of sp³-hybridized carbons (Fsp3) is 0.417. The Hall–Kier alpha value is -1.35. The molecule has 0 aromatic heterocycles. The van der Waals surface area contributed by atoms with Gasteiger partial charge in [-0.2, -0.15) is 0 Å².